The Balaban J connectivity index is 1.58. The molecule has 0 spiro atoms. The Labute approximate surface area is 158 Å². The molecule has 1 aromatic heterocycles. The molecule has 2 aromatic rings. The number of benzene rings is 1. The van der Waals surface area contributed by atoms with E-state index in [9.17, 15) is 4.79 Å². The summed E-state index contributed by atoms with van der Waals surface area (Å²) in [5.74, 6) is 1.45. The van der Waals surface area contributed by atoms with E-state index in [4.69, 9.17) is 21.1 Å². The Bertz CT molecular complexity index is 776. The van der Waals surface area contributed by atoms with Gasteiger partial charge in [0.2, 0.25) is 0 Å². The summed E-state index contributed by atoms with van der Waals surface area (Å²) < 4.78 is 10.6. The van der Waals surface area contributed by atoms with Gasteiger partial charge < -0.3 is 14.4 Å². The Morgan fingerprint density at radius 1 is 1.08 bits per heavy atom. The zero-order valence-corrected chi connectivity index (χ0v) is 15.7. The van der Waals surface area contributed by atoms with Crippen LogP contribution >= 0.6 is 11.6 Å². The van der Waals surface area contributed by atoms with Crippen molar-refractivity contribution in [3.63, 3.8) is 0 Å². The van der Waals surface area contributed by atoms with Crippen molar-refractivity contribution in [2.75, 3.05) is 40.4 Å². The van der Waals surface area contributed by atoms with Gasteiger partial charge in [0, 0.05) is 44.5 Å². The Kier molecular flexibility index (Phi) is 5.96. The molecule has 2 heterocycles. The van der Waals surface area contributed by atoms with Crippen molar-refractivity contribution in [1.82, 2.24) is 14.8 Å². The Morgan fingerprint density at radius 3 is 2.46 bits per heavy atom. The maximum absolute atomic E-state index is 12.6. The van der Waals surface area contributed by atoms with Crippen molar-refractivity contribution in [3.05, 3.63) is 52.8 Å². The number of hydrogen-bond acceptors (Lipinski definition) is 5. The molecule has 1 fully saturated rings. The molecule has 3 rings (SSSR count). The predicted octanol–water partition coefficient (Wildman–Crippen LogP) is 2.71. The molecule has 138 valence electrons. The first kappa shape index (κ1) is 18.5. The predicted molar refractivity (Wildman–Crippen MR) is 100.0 cm³/mol. The lowest BCUT2D eigenvalue weighted by atomic mass is 10.1. The first-order valence-electron chi connectivity index (χ1n) is 8.45. The summed E-state index contributed by atoms with van der Waals surface area (Å²) in [7, 11) is 3.26. The Hall–Kier alpha value is -2.31. The highest BCUT2D eigenvalue weighted by atomic mass is 35.5. The molecule has 1 aliphatic heterocycles. The second-order valence-electron chi connectivity index (χ2n) is 6.12. The normalized spacial score (nSPS) is 15.0. The maximum Gasteiger partial charge on any atom is 0.254 e. The molecule has 6 nitrogen and oxygen atoms in total. The quantitative estimate of drug-likeness (QED) is 0.752. The van der Waals surface area contributed by atoms with Crippen molar-refractivity contribution < 1.29 is 14.3 Å². The molecule has 0 radical (unpaired) electrons. The molecule has 0 aliphatic carbocycles. The number of methoxy groups -OCH3 is 2. The molecule has 1 amide bonds. The fraction of sp³-hybridized carbons (Fsp3) is 0.368. The van der Waals surface area contributed by atoms with Gasteiger partial charge in [0.25, 0.3) is 5.91 Å². The zero-order chi connectivity index (χ0) is 18.5. The van der Waals surface area contributed by atoms with E-state index < -0.39 is 0 Å². The second kappa shape index (κ2) is 8.38. The lowest BCUT2D eigenvalue weighted by Gasteiger charge is -2.34. The number of nitrogens with zero attached hydrogens (tertiary/aromatic N) is 3. The smallest absolute Gasteiger partial charge is 0.254 e. The summed E-state index contributed by atoms with van der Waals surface area (Å²) in [6.45, 7) is 3.82. The summed E-state index contributed by atoms with van der Waals surface area (Å²) in [6, 6.07) is 9.26. The van der Waals surface area contributed by atoms with E-state index in [0.29, 0.717) is 23.8 Å². The summed E-state index contributed by atoms with van der Waals surface area (Å²) in [4.78, 5) is 20.7. The van der Waals surface area contributed by atoms with E-state index in [-0.39, 0.29) is 5.91 Å². The number of hydrogen-bond donors (Lipinski definition) is 0. The third kappa shape index (κ3) is 4.26. The van der Waals surface area contributed by atoms with Crippen molar-refractivity contribution in [1.29, 1.82) is 0 Å². The van der Waals surface area contributed by atoms with E-state index in [1.165, 1.54) is 0 Å². The molecule has 0 atom stereocenters. The third-order valence-electron chi connectivity index (χ3n) is 4.49. The second-order valence-corrected chi connectivity index (χ2v) is 6.51. The van der Waals surface area contributed by atoms with Gasteiger partial charge in [0.15, 0.2) is 11.5 Å². The van der Waals surface area contributed by atoms with Gasteiger partial charge in [0.1, 0.15) is 5.15 Å². The van der Waals surface area contributed by atoms with E-state index in [2.05, 4.69) is 9.88 Å². The van der Waals surface area contributed by atoms with Crippen LogP contribution in [-0.4, -0.2) is 61.1 Å². The highest BCUT2D eigenvalue weighted by Gasteiger charge is 2.22. The van der Waals surface area contributed by atoms with Crippen LogP contribution < -0.4 is 9.47 Å². The van der Waals surface area contributed by atoms with Crippen LogP contribution in [0, 0.1) is 0 Å². The minimum absolute atomic E-state index is 0.0000618. The van der Waals surface area contributed by atoms with Crippen molar-refractivity contribution in [2.45, 2.75) is 6.54 Å². The summed E-state index contributed by atoms with van der Waals surface area (Å²) in [6.07, 6.45) is 1.56. The number of carbonyl (C=O) groups is 1. The molecule has 26 heavy (non-hydrogen) atoms. The topological polar surface area (TPSA) is 54.9 Å². The van der Waals surface area contributed by atoms with Crippen molar-refractivity contribution >= 4 is 17.5 Å². The minimum Gasteiger partial charge on any atom is -0.493 e. The number of amides is 1. The minimum atomic E-state index is 0.0000618. The first-order valence-corrected chi connectivity index (χ1v) is 8.82. The van der Waals surface area contributed by atoms with Gasteiger partial charge in [-0.15, -0.1) is 0 Å². The standard InChI is InChI=1S/C19H22ClN3O3/c1-25-16-4-3-14(11-17(16)26-2)13-22-7-9-23(10-8-22)19(24)15-5-6-21-18(20)12-15/h3-6,11-12H,7-10,13H2,1-2H3. The average Bonchev–Trinajstić information content (AvgIpc) is 2.68. The fourth-order valence-electron chi connectivity index (χ4n) is 3.06. The molecule has 0 saturated carbocycles. The van der Waals surface area contributed by atoms with Gasteiger partial charge in [-0.1, -0.05) is 17.7 Å². The van der Waals surface area contributed by atoms with Crippen LogP contribution in [-0.2, 0) is 6.54 Å². The lowest BCUT2D eigenvalue weighted by molar-refractivity contribution is 0.0628. The van der Waals surface area contributed by atoms with Gasteiger partial charge in [-0.25, -0.2) is 4.98 Å². The van der Waals surface area contributed by atoms with E-state index in [0.717, 1.165) is 36.7 Å². The summed E-state index contributed by atoms with van der Waals surface area (Å²) >= 11 is 5.88. The molecular formula is C19H22ClN3O3. The van der Waals surface area contributed by atoms with Crippen LogP contribution in [0.15, 0.2) is 36.5 Å². The summed E-state index contributed by atoms with van der Waals surface area (Å²) in [5.41, 5.74) is 1.74. The molecule has 7 heteroatoms. The van der Waals surface area contributed by atoms with Crippen LogP contribution in [0.2, 0.25) is 5.15 Å². The third-order valence-corrected chi connectivity index (χ3v) is 4.69. The Morgan fingerprint density at radius 2 is 1.81 bits per heavy atom. The highest BCUT2D eigenvalue weighted by Crippen LogP contribution is 2.28. The van der Waals surface area contributed by atoms with Crippen LogP contribution in [0.25, 0.3) is 0 Å². The van der Waals surface area contributed by atoms with Crippen LogP contribution in [0.1, 0.15) is 15.9 Å². The van der Waals surface area contributed by atoms with Gasteiger partial charge in [0.05, 0.1) is 14.2 Å². The molecule has 1 aliphatic rings. The number of halogens is 1. The van der Waals surface area contributed by atoms with Crippen LogP contribution in [0.5, 0.6) is 11.5 Å². The van der Waals surface area contributed by atoms with Gasteiger partial charge in [-0.05, 0) is 29.8 Å². The highest BCUT2D eigenvalue weighted by molar-refractivity contribution is 6.29. The maximum atomic E-state index is 12.6. The lowest BCUT2D eigenvalue weighted by Crippen LogP contribution is -2.48. The van der Waals surface area contributed by atoms with Crippen LogP contribution in [0.4, 0.5) is 0 Å². The number of rotatable bonds is 5. The molecule has 0 N–H and O–H groups in total. The van der Waals surface area contributed by atoms with Crippen LogP contribution in [0.3, 0.4) is 0 Å². The number of aromatic nitrogens is 1. The number of pyridine rings is 1. The summed E-state index contributed by atoms with van der Waals surface area (Å²) in [5, 5.41) is 0.336. The average molecular weight is 376 g/mol. The molecule has 1 aromatic carbocycles. The first-order chi connectivity index (χ1) is 12.6. The van der Waals surface area contributed by atoms with Crippen molar-refractivity contribution in [3.8, 4) is 11.5 Å². The molecule has 0 unspecified atom stereocenters. The van der Waals surface area contributed by atoms with Gasteiger partial charge in [-0.2, -0.15) is 0 Å². The number of ether oxygens (including phenoxy) is 2. The van der Waals surface area contributed by atoms with Crippen molar-refractivity contribution in [2.24, 2.45) is 0 Å². The number of piperazine rings is 1. The SMILES string of the molecule is COc1ccc(CN2CCN(C(=O)c3ccnc(Cl)c3)CC2)cc1OC. The number of carbonyl (C=O) groups excluding carboxylic acids is 1. The van der Waals surface area contributed by atoms with Gasteiger partial charge in [-0.3, -0.25) is 9.69 Å². The molecule has 0 bridgehead atoms. The zero-order valence-electron chi connectivity index (χ0n) is 14.9. The van der Waals surface area contributed by atoms with E-state index >= 15 is 0 Å². The largest absolute Gasteiger partial charge is 0.493 e. The molecular weight excluding hydrogens is 354 g/mol. The van der Waals surface area contributed by atoms with Gasteiger partial charge >= 0.3 is 0 Å². The fourth-order valence-corrected chi connectivity index (χ4v) is 3.24. The monoisotopic (exact) mass is 375 g/mol. The van der Waals surface area contributed by atoms with E-state index in [1.807, 2.05) is 23.1 Å². The van der Waals surface area contributed by atoms with E-state index in [1.54, 1.807) is 32.5 Å². The molecule has 1 saturated heterocycles.